The first-order chi connectivity index (χ1) is 8.99. The smallest absolute Gasteiger partial charge is 0.0190 e. The highest BCUT2D eigenvalue weighted by Gasteiger charge is 2.13. The van der Waals surface area contributed by atoms with Gasteiger partial charge in [-0.25, -0.2) is 0 Å². The van der Waals surface area contributed by atoms with E-state index in [1.807, 2.05) is 0 Å². The Hall–Kier alpha value is -0.840. The lowest BCUT2D eigenvalue weighted by Crippen LogP contribution is -2.15. The molecule has 0 radical (unpaired) electrons. The summed E-state index contributed by atoms with van der Waals surface area (Å²) in [5.41, 5.74) is 5.50. The van der Waals surface area contributed by atoms with Gasteiger partial charge >= 0.3 is 0 Å². The molecule has 2 aromatic carbocycles. The topological polar surface area (TPSA) is 0 Å². The van der Waals surface area contributed by atoms with Crippen molar-refractivity contribution in [3.8, 4) is 0 Å². The number of hydrogen-bond donors (Lipinski definition) is 0. The van der Waals surface area contributed by atoms with Crippen LogP contribution in [0.15, 0.2) is 36.4 Å². The maximum atomic E-state index is 2.36. The zero-order chi connectivity index (χ0) is 14.0. The molecular formula is C18H24ClP. The van der Waals surface area contributed by atoms with Gasteiger partial charge in [-0.1, -0.05) is 65.6 Å². The predicted molar refractivity (Wildman–Crippen MR) is 95.8 cm³/mol. The van der Waals surface area contributed by atoms with Crippen LogP contribution in [0.3, 0.4) is 0 Å². The quantitative estimate of drug-likeness (QED) is 0.715. The minimum atomic E-state index is -0.213. The molecule has 2 aromatic rings. The Balaban J connectivity index is 0.00000200. The lowest BCUT2D eigenvalue weighted by molar-refractivity contribution is 1.39. The van der Waals surface area contributed by atoms with Crippen LogP contribution >= 0.6 is 20.3 Å². The monoisotopic (exact) mass is 306 g/mol. The zero-order valence-corrected chi connectivity index (χ0v) is 14.7. The van der Waals surface area contributed by atoms with Gasteiger partial charge in [0.15, 0.2) is 0 Å². The van der Waals surface area contributed by atoms with Crippen LogP contribution in [0.25, 0.3) is 0 Å². The third kappa shape index (κ3) is 4.08. The summed E-state index contributed by atoms with van der Waals surface area (Å²) in [7, 11) is -0.213. The molecule has 0 saturated heterocycles. The van der Waals surface area contributed by atoms with Crippen molar-refractivity contribution in [2.45, 2.75) is 34.6 Å². The maximum Gasteiger partial charge on any atom is -0.0190 e. The van der Waals surface area contributed by atoms with Gasteiger partial charge < -0.3 is 0 Å². The molecule has 0 N–H and O–H groups in total. The van der Waals surface area contributed by atoms with Gasteiger partial charge in [0.05, 0.1) is 0 Å². The molecule has 0 heterocycles. The molecule has 2 rings (SSSR count). The Kier molecular flexibility index (Phi) is 6.24. The van der Waals surface area contributed by atoms with E-state index >= 15 is 0 Å². The van der Waals surface area contributed by atoms with E-state index in [4.69, 9.17) is 0 Å². The lowest BCUT2D eigenvalue weighted by Gasteiger charge is -2.19. The van der Waals surface area contributed by atoms with E-state index in [0.717, 1.165) is 0 Å². The summed E-state index contributed by atoms with van der Waals surface area (Å²) in [4.78, 5) is 0. The van der Waals surface area contributed by atoms with E-state index in [9.17, 15) is 0 Å². The van der Waals surface area contributed by atoms with E-state index in [1.165, 1.54) is 39.0 Å². The molecule has 0 spiro atoms. The van der Waals surface area contributed by atoms with E-state index < -0.39 is 0 Å². The zero-order valence-electron chi connectivity index (χ0n) is 13.0. The fourth-order valence-electron chi connectivity index (χ4n) is 2.73. The van der Waals surface area contributed by atoms with Gasteiger partial charge in [-0.15, -0.1) is 12.4 Å². The number of aryl methyl sites for hydroxylation is 4. The van der Waals surface area contributed by atoms with Crippen molar-refractivity contribution in [1.29, 1.82) is 0 Å². The summed E-state index contributed by atoms with van der Waals surface area (Å²) in [6.07, 6.45) is 1.21. The highest BCUT2D eigenvalue weighted by atomic mass is 35.5. The SMILES string of the molecule is CCP(c1cc(C)cc(C)c1)c1cc(C)cc(C)c1.Cl. The fourth-order valence-corrected chi connectivity index (χ4v) is 5.19. The van der Waals surface area contributed by atoms with Crippen LogP contribution in [0, 0.1) is 27.7 Å². The van der Waals surface area contributed by atoms with Crippen LogP contribution in [0.1, 0.15) is 29.2 Å². The molecule has 2 heteroatoms. The predicted octanol–water partition coefficient (Wildman–Crippen LogP) is 4.79. The molecule has 0 aliphatic carbocycles. The van der Waals surface area contributed by atoms with Crippen LogP contribution in [0.5, 0.6) is 0 Å². The van der Waals surface area contributed by atoms with Gasteiger partial charge in [0, 0.05) is 0 Å². The van der Waals surface area contributed by atoms with Crippen LogP contribution in [-0.2, 0) is 0 Å². The molecule has 0 atom stereocenters. The Morgan fingerprint density at radius 2 is 0.950 bits per heavy atom. The molecule has 20 heavy (non-hydrogen) atoms. The normalized spacial score (nSPS) is 10.5. The Morgan fingerprint density at radius 3 is 1.20 bits per heavy atom. The summed E-state index contributed by atoms with van der Waals surface area (Å²) >= 11 is 0. The first-order valence-electron chi connectivity index (χ1n) is 6.93. The third-order valence-corrected chi connectivity index (χ3v) is 5.75. The highest BCUT2D eigenvalue weighted by molar-refractivity contribution is 7.72. The van der Waals surface area contributed by atoms with Gasteiger partial charge in [-0.3, -0.25) is 0 Å². The van der Waals surface area contributed by atoms with E-state index in [0.29, 0.717) is 0 Å². The average Bonchev–Trinajstić information content (AvgIpc) is 2.27. The summed E-state index contributed by atoms with van der Waals surface area (Å²) in [6.45, 7) is 11.1. The highest BCUT2D eigenvalue weighted by Crippen LogP contribution is 2.34. The van der Waals surface area contributed by atoms with E-state index in [-0.39, 0.29) is 20.3 Å². The van der Waals surface area contributed by atoms with Crippen LogP contribution in [-0.4, -0.2) is 6.16 Å². The molecule has 0 bridgehead atoms. The molecule has 0 saturated carbocycles. The van der Waals surface area contributed by atoms with Gasteiger partial charge in [0.1, 0.15) is 0 Å². The Labute approximate surface area is 130 Å². The van der Waals surface area contributed by atoms with Crippen molar-refractivity contribution < 1.29 is 0 Å². The first kappa shape index (κ1) is 17.2. The van der Waals surface area contributed by atoms with Crippen LogP contribution in [0.4, 0.5) is 0 Å². The first-order valence-corrected chi connectivity index (χ1v) is 8.46. The third-order valence-electron chi connectivity index (χ3n) is 3.35. The number of rotatable bonds is 3. The molecule has 108 valence electrons. The molecule has 0 nitrogen and oxygen atoms in total. The van der Waals surface area contributed by atoms with Gasteiger partial charge in [-0.05, 0) is 52.4 Å². The van der Waals surface area contributed by atoms with E-state index in [1.54, 1.807) is 0 Å². The van der Waals surface area contributed by atoms with Crippen molar-refractivity contribution in [2.24, 2.45) is 0 Å². The van der Waals surface area contributed by atoms with Crippen LogP contribution in [0.2, 0.25) is 0 Å². The maximum absolute atomic E-state index is 2.36. The molecule has 0 aliphatic rings. The molecule has 0 aliphatic heterocycles. The second kappa shape index (κ2) is 7.25. The Bertz CT molecular complexity index is 498. The van der Waals surface area contributed by atoms with Crippen molar-refractivity contribution in [1.82, 2.24) is 0 Å². The largest absolute Gasteiger partial charge is 0.147 e. The van der Waals surface area contributed by atoms with Crippen LogP contribution < -0.4 is 10.6 Å². The van der Waals surface area contributed by atoms with Crippen molar-refractivity contribution in [3.63, 3.8) is 0 Å². The minimum absolute atomic E-state index is 0. The minimum Gasteiger partial charge on any atom is -0.147 e. The summed E-state index contributed by atoms with van der Waals surface area (Å²) in [5, 5.41) is 3.03. The van der Waals surface area contributed by atoms with Crippen molar-refractivity contribution >= 4 is 30.9 Å². The van der Waals surface area contributed by atoms with Crippen molar-refractivity contribution in [3.05, 3.63) is 58.7 Å². The molecule has 0 aromatic heterocycles. The van der Waals surface area contributed by atoms with E-state index in [2.05, 4.69) is 71.0 Å². The second-order valence-corrected chi connectivity index (χ2v) is 7.96. The standard InChI is InChI=1S/C18H23P.ClH/c1-6-19(17-9-13(2)7-14(3)10-17)18-11-15(4)8-16(5)12-18;/h7-12H,6H2,1-5H3;1H. The second-order valence-electron chi connectivity index (χ2n) is 5.44. The molecule has 0 amide bonds. The van der Waals surface area contributed by atoms with Gasteiger partial charge in [0.25, 0.3) is 0 Å². The molecular weight excluding hydrogens is 283 g/mol. The lowest BCUT2D eigenvalue weighted by atomic mass is 10.2. The summed E-state index contributed by atoms with van der Waals surface area (Å²) in [5.74, 6) is 0. The van der Waals surface area contributed by atoms with Crippen molar-refractivity contribution in [2.75, 3.05) is 6.16 Å². The fraction of sp³-hybridized carbons (Fsp3) is 0.333. The van der Waals surface area contributed by atoms with Gasteiger partial charge in [0.2, 0.25) is 0 Å². The summed E-state index contributed by atoms with van der Waals surface area (Å²) < 4.78 is 0. The molecule has 0 unspecified atom stereocenters. The Morgan fingerprint density at radius 1 is 0.650 bits per heavy atom. The average molecular weight is 307 g/mol. The number of halogens is 1. The van der Waals surface area contributed by atoms with Gasteiger partial charge in [-0.2, -0.15) is 0 Å². The summed E-state index contributed by atoms with van der Waals surface area (Å²) in [6, 6.07) is 14.0. The number of benzene rings is 2. The number of hydrogen-bond acceptors (Lipinski definition) is 0. The molecule has 0 fully saturated rings.